The summed E-state index contributed by atoms with van der Waals surface area (Å²) in [7, 11) is 0. The Morgan fingerprint density at radius 3 is 1.88 bits per heavy atom. The number of amides is 1. The summed E-state index contributed by atoms with van der Waals surface area (Å²) in [6, 6.07) is 38.7. The minimum Gasteiger partial charge on any atom is -0.352 e. The molecule has 0 bridgehead atoms. The molecule has 0 aliphatic carbocycles. The Kier molecular flexibility index (Phi) is 8.02. The monoisotopic (exact) mass is 633 g/mol. The smallest absolute Gasteiger partial charge is 0.297 e. The normalized spacial score (nSPS) is 11.7. The molecule has 48 heavy (non-hydrogen) atoms. The molecule has 0 spiro atoms. The zero-order chi connectivity index (χ0) is 33.3. The van der Waals surface area contributed by atoms with E-state index in [4.69, 9.17) is 10.1 Å². The van der Waals surface area contributed by atoms with Crippen molar-refractivity contribution >= 4 is 11.6 Å². The van der Waals surface area contributed by atoms with Crippen molar-refractivity contribution in [3.05, 3.63) is 167 Å². The molecule has 3 heterocycles. The summed E-state index contributed by atoms with van der Waals surface area (Å²) in [4.78, 5) is 34.8. The van der Waals surface area contributed by atoms with Crippen LogP contribution in [0, 0.1) is 0 Å². The molecule has 0 aliphatic rings. The van der Waals surface area contributed by atoms with Gasteiger partial charge in [-0.05, 0) is 36.1 Å². The number of imidazole rings is 2. The first kappa shape index (κ1) is 30.6. The van der Waals surface area contributed by atoms with Crippen molar-refractivity contribution in [2.75, 3.05) is 0 Å². The van der Waals surface area contributed by atoms with Crippen molar-refractivity contribution in [3.8, 4) is 22.8 Å². The minimum atomic E-state index is -0.739. The van der Waals surface area contributed by atoms with Crippen LogP contribution in [0.1, 0.15) is 49.1 Å². The molecule has 0 unspecified atom stereocenters. The Balaban J connectivity index is 1.40. The van der Waals surface area contributed by atoms with E-state index in [1.54, 1.807) is 15.3 Å². The SMILES string of the molecule is CC(=O)NCc1ccc(-c2nn3c(-c4cn(C(c5ccccc5)(c5ccccc5)c5ccccc5)cn4)cnc3c(=O)n2C(C)C)cc1. The lowest BCUT2D eigenvalue weighted by atomic mass is 9.77. The maximum absolute atomic E-state index is 13.9. The Morgan fingerprint density at radius 2 is 1.35 bits per heavy atom. The van der Waals surface area contributed by atoms with E-state index in [0.29, 0.717) is 23.8 Å². The molecule has 7 rings (SSSR count). The van der Waals surface area contributed by atoms with Gasteiger partial charge < -0.3 is 9.88 Å². The van der Waals surface area contributed by atoms with Gasteiger partial charge in [0.1, 0.15) is 16.9 Å². The number of carbonyl (C=O) groups excluding carboxylic acids is 1. The third-order valence-electron chi connectivity index (χ3n) is 8.65. The molecule has 9 heteroatoms. The van der Waals surface area contributed by atoms with Crippen molar-refractivity contribution in [3.63, 3.8) is 0 Å². The highest BCUT2D eigenvalue weighted by Crippen LogP contribution is 2.41. The van der Waals surface area contributed by atoms with E-state index in [2.05, 4.69) is 87.7 Å². The Bertz CT molecular complexity index is 2160. The van der Waals surface area contributed by atoms with Crippen LogP contribution < -0.4 is 10.9 Å². The molecular formula is C39H35N7O2. The molecule has 3 aromatic heterocycles. The predicted octanol–water partition coefficient (Wildman–Crippen LogP) is 6.48. The van der Waals surface area contributed by atoms with E-state index in [1.807, 2.05) is 68.8 Å². The van der Waals surface area contributed by atoms with E-state index in [-0.39, 0.29) is 23.2 Å². The zero-order valence-corrected chi connectivity index (χ0v) is 27.0. The number of carbonyl (C=O) groups is 1. The van der Waals surface area contributed by atoms with Gasteiger partial charge in [-0.3, -0.25) is 14.2 Å². The summed E-state index contributed by atoms with van der Waals surface area (Å²) in [5.41, 5.74) is 5.41. The fraction of sp³-hybridized carbons (Fsp3) is 0.154. The minimum absolute atomic E-state index is 0.0940. The number of nitrogens with one attached hydrogen (secondary N) is 1. The van der Waals surface area contributed by atoms with Crippen LogP contribution >= 0.6 is 0 Å². The Labute approximate surface area is 278 Å². The molecule has 0 aliphatic heterocycles. The van der Waals surface area contributed by atoms with Crippen molar-refractivity contribution in [2.24, 2.45) is 0 Å². The number of rotatable bonds is 9. The molecule has 0 fully saturated rings. The van der Waals surface area contributed by atoms with E-state index in [1.165, 1.54) is 6.92 Å². The van der Waals surface area contributed by atoms with Crippen LogP contribution in [0.25, 0.3) is 28.4 Å². The van der Waals surface area contributed by atoms with E-state index in [0.717, 1.165) is 27.8 Å². The third-order valence-corrected chi connectivity index (χ3v) is 8.65. The first-order chi connectivity index (χ1) is 23.4. The van der Waals surface area contributed by atoms with Gasteiger partial charge in [0.15, 0.2) is 5.82 Å². The van der Waals surface area contributed by atoms with Crippen molar-refractivity contribution < 1.29 is 4.79 Å². The largest absolute Gasteiger partial charge is 0.352 e. The molecule has 0 radical (unpaired) electrons. The quantitative estimate of drug-likeness (QED) is 0.184. The lowest BCUT2D eigenvalue weighted by Crippen LogP contribution is -2.36. The first-order valence-corrected chi connectivity index (χ1v) is 15.9. The number of fused-ring (bicyclic) bond motifs is 1. The van der Waals surface area contributed by atoms with Gasteiger partial charge in [-0.1, -0.05) is 115 Å². The number of benzene rings is 4. The third kappa shape index (κ3) is 5.29. The molecule has 4 aromatic carbocycles. The van der Waals surface area contributed by atoms with Crippen LogP contribution in [0.4, 0.5) is 0 Å². The highest BCUT2D eigenvalue weighted by molar-refractivity contribution is 5.72. The van der Waals surface area contributed by atoms with Crippen molar-refractivity contribution in [2.45, 2.75) is 38.9 Å². The summed E-state index contributed by atoms with van der Waals surface area (Å²) in [6.07, 6.45) is 5.50. The van der Waals surface area contributed by atoms with Gasteiger partial charge in [-0.25, -0.2) is 14.5 Å². The van der Waals surface area contributed by atoms with Crippen LogP contribution in [0.5, 0.6) is 0 Å². The van der Waals surface area contributed by atoms with Gasteiger partial charge in [0.05, 0.1) is 12.5 Å². The lowest BCUT2D eigenvalue weighted by molar-refractivity contribution is -0.119. The maximum atomic E-state index is 13.9. The van der Waals surface area contributed by atoms with Crippen molar-refractivity contribution in [1.29, 1.82) is 0 Å². The molecule has 1 N–H and O–H groups in total. The van der Waals surface area contributed by atoms with Gasteiger partial charge >= 0.3 is 0 Å². The van der Waals surface area contributed by atoms with Crippen LogP contribution in [0.2, 0.25) is 0 Å². The molecule has 7 aromatic rings. The fourth-order valence-electron chi connectivity index (χ4n) is 6.41. The average Bonchev–Trinajstić information content (AvgIpc) is 3.77. The maximum Gasteiger partial charge on any atom is 0.297 e. The average molecular weight is 634 g/mol. The molecule has 0 saturated carbocycles. The predicted molar refractivity (Wildman–Crippen MR) is 186 cm³/mol. The Morgan fingerprint density at radius 1 is 0.792 bits per heavy atom. The number of aromatic nitrogens is 6. The Hall–Kier alpha value is -6.09. The van der Waals surface area contributed by atoms with Crippen LogP contribution in [-0.2, 0) is 16.9 Å². The first-order valence-electron chi connectivity index (χ1n) is 15.9. The van der Waals surface area contributed by atoms with Gasteiger partial charge in [0, 0.05) is 31.3 Å². The molecule has 0 atom stereocenters. The standard InChI is InChI=1S/C39H35N7O2/c1-27(2)45-36(30-21-19-29(20-22-30)23-40-28(3)47)43-46-35(24-41-37(46)38(45)48)34-25-44(26-42-34)39(31-13-7-4-8-14-31,32-15-9-5-10-16-32)33-17-11-6-12-18-33/h4-22,24-27H,23H2,1-3H3,(H,40,47). The number of hydrogen-bond donors (Lipinski definition) is 1. The van der Waals surface area contributed by atoms with Crippen LogP contribution in [0.3, 0.4) is 0 Å². The lowest BCUT2D eigenvalue weighted by Gasteiger charge is -2.37. The van der Waals surface area contributed by atoms with Crippen LogP contribution in [-0.4, -0.2) is 34.6 Å². The number of nitrogens with zero attached hydrogens (tertiary/aromatic N) is 6. The highest BCUT2D eigenvalue weighted by atomic mass is 16.1. The number of hydrogen-bond acceptors (Lipinski definition) is 5. The van der Waals surface area contributed by atoms with Crippen LogP contribution in [0.15, 0.2) is 139 Å². The summed E-state index contributed by atoms with van der Waals surface area (Å²) in [5, 5.41) is 7.83. The van der Waals surface area contributed by atoms with E-state index < -0.39 is 5.54 Å². The highest BCUT2D eigenvalue weighted by Gasteiger charge is 2.38. The second kappa shape index (κ2) is 12.6. The molecule has 9 nitrogen and oxygen atoms in total. The van der Waals surface area contributed by atoms with Gasteiger partial charge in [-0.2, -0.15) is 0 Å². The van der Waals surface area contributed by atoms with Gasteiger partial charge in [0.2, 0.25) is 11.6 Å². The second-order valence-corrected chi connectivity index (χ2v) is 12.1. The van der Waals surface area contributed by atoms with Gasteiger partial charge in [0.25, 0.3) is 5.56 Å². The van der Waals surface area contributed by atoms with E-state index in [9.17, 15) is 9.59 Å². The molecular weight excluding hydrogens is 598 g/mol. The summed E-state index contributed by atoms with van der Waals surface area (Å²) in [6.45, 7) is 5.82. The fourth-order valence-corrected chi connectivity index (χ4v) is 6.41. The van der Waals surface area contributed by atoms with E-state index >= 15 is 0 Å². The topological polar surface area (TPSA) is 99.1 Å². The molecule has 0 saturated heterocycles. The summed E-state index contributed by atoms with van der Waals surface area (Å²) >= 11 is 0. The zero-order valence-electron chi connectivity index (χ0n) is 27.0. The summed E-state index contributed by atoms with van der Waals surface area (Å²) < 4.78 is 5.40. The van der Waals surface area contributed by atoms with Crippen molar-refractivity contribution in [1.82, 2.24) is 34.0 Å². The molecule has 1 amide bonds. The summed E-state index contributed by atoms with van der Waals surface area (Å²) in [5.74, 6) is 0.419. The molecule has 238 valence electrons. The van der Waals surface area contributed by atoms with Gasteiger partial charge in [-0.15, -0.1) is 5.10 Å². The second-order valence-electron chi connectivity index (χ2n) is 12.1.